The summed E-state index contributed by atoms with van der Waals surface area (Å²) in [5, 5.41) is 14.4. The number of carboxylic acid groups (broad SMARTS) is 1. The van der Waals surface area contributed by atoms with E-state index in [9.17, 15) is 9.59 Å². The second-order valence-corrected chi connectivity index (χ2v) is 6.05. The molecule has 0 aliphatic carbocycles. The number of aliphatic carboxylic acids is 1. The molecular formula is C15H17NO3S. The Bertz CT molecular complexity index is 633. The molecule has 1 atom stereocenters. The highest BCUT2D eigenvalue weighted by Gasteiger charge is 2.22. The lowest BCUT2D eigenvalue weighted by atomic mass is 10.0. The predicted octanol–water partition coefficient (Wildman–Crippen LogP) is 3.13. The van der Waals surface area contributed by atoms with Crippen LogP contribution < -0.4 is 5.32 Å². The summed E-state index contributed by atoms with van der Waals surface area (Å²) in [4.78, 5) is 23.4. The number of thiophene rings is 1. The van der Waals surface area contributed by atoms with Crippen molar-refractivity contribution in [2.24, 2.45) is 5.92 Å². The minimum absolute atomic E-state index is 0.204. The Morgan fingerprint density at radius 1 is 1.30 bits per heavy atom. The van der Waals surface area contributed by atoms with Crippen LogP contribution in [0.3, 0.4) is 0 Å². The highest BCUT2D eigenvalue weighted by Crippen LogP contribution is 2.25. The lowest BCUT2D eigenvalue weighted by molar-refractivity contribution is -0.139. The van der Waals surface area contributed by atoms with Crippen molar-refractivity contribution >= 4 is 33.3 Å². The van der Waals surface area contributed by atoms with Gasteiger partial charge in [0, 0.05) is 15.5 Å². The van der Waals surface area contributed by atoms with Gasteiger partial charge in [-0.15, -0.1) is 11.3 Å². The molecule has 0 unspecified atom stereocenters. The molecule has 0 radical (unpaired) electrons. The Balaban J connectivity index is 2.20. The Morgan fingerprint density at radius 3 is 2.65 bits per heavy atom. The molecule has 20 heavy (non-hydrogen) atoms. The van der Waals surface area contributed by atoms with E-state index in [2.05, 4.69) is 5.32 Å². The van der Waals surface area contributed by atoms with Crippen LogP contribution in [0.25, 0.3) is 10.1 Å². The average molecular weight is 291 g/mol. The normalized spacial score (nSPS) is 12.6. The van der Waals surface area contributed by atoms with Crippen LogP contribution in [0.5, 0.6) is 0 Å². The first-order valence-corrected chi connectivity index (χ1v) is 7.37. The minimum atomic E-state index is -0.994. The number of hydrogen-bond acceptors (Lipinski definition) is 3. The van der Waals surface area contributed by atoms with Gasteiger partial charge in [-0.2, -0.15) is 0 Å². The van der Waals surface area contributed by atoms with Crippen molar-refractivity contribution in [3.05, 3.63) is 35.2 Å². The molecule has 1 aromatic heterocycles. The molecular weight excluding hydrogens is 274 g/mol. The van der Waals surface area contributed by atoms with Crippen molar-refractivity contribution in [2.75, 3.05) is 0 Å². The number of fused-ring (bicyclic) bond motifs is 1. The topological polar surface area (TPSA) is 66.4 Å². The summed E-state index contributed by atoms with van der Waals surface area (Å²) in [7, 11) is 0. The standard InChI is InChI=1S/C15H17NO3S/c1-9(2)7-12(15(18)19)16-14(17)11-8-20-13-6-4-3-5-10(11)13/h3-6,8-9,12H,7H2,1-2H3,(H,16,17)(H,18,19)/t12-/m1/s1. The lowest BCUT2D eigenvalue weighted by Gasteiger charge is -2.16. The molecule has 1 amide bonds. The summed E-state index contributed by atoms with van der Waals surface area (Å²) >= 11 is 1.48. The van der Waals surface area contributed by atoms with Crippen molar-refractivity contribution in [2.45, 2.75) is 26.3 Å². The van der Waals surface area contributed by atoms with Gasteiger partial charge < -0.3 is 10.4 Å². The highest BCUT2D eigenvalue weighted by molar-refractivity contribution is 7.17. The second-order valence-electron chi connectivity index (χ2n) is 5.14. The maximum absolute atomic E-state index is 12.2. The molecule has 0 aliphatic rings. The highest BCUT2D eigenvalue weighted by atomic mass is 32.1. The molecule has 2 aromatic rings. The van der Waals surface area contributed by atoms with E-state index in [0.29, 0.717) is 12.0 Å². The molecule has 4 nitrogen and oxygen atoms in total. The van der Waals surface area contributed by atoms with Crippen LogP contribution >= 0.6 is 11.3 Å². The van der Waals surface area contributed by atoms with Gasteiger partial charge >= 0.3 is 5.97 Å². The number of benzene rings is 1. The summed E-state index contributed by atoms with van der Waals surface area (Å²) in [5.74, 6) is -1.11. The Morgan fingerprint density at radius 2 is 2.00 bits per heavy atom. The molecule has 106 valence electrons. The van der Waals surface area contributed by atoms with E-state index in [1.165, 1.54) is 11.3 Å². The molecule has 1 aromatic carbocycles. The van der Waals surface area contributed by atoms with Crippen LogP contribution in [-0.4, -0.2) is 23.0 Å². The van der Waals surface area contributed by atoms with Crippen LogP contribution in [0.2, 0.25) is 0 Å². The largest absolute Gasteiger partial charge is 0.480 e. The van der Waals surface area contributed by atoms with Crippen molar-refractivity contribution in [1.82, 2.24) is 5.32 Å². The minimum Gasteiger partial charge on any atom is -0.480 e. The summed E-state index contributed by atoms with van der Waals surface area (Å²) in [6.07, 6.45) is 0.420. The molecule has 0 bridgehead atoms. The SMILES string of the molecule is CC(C)C[C@@H](NC(=O)c1csc2ccccc12)C(=O)O. The Labute approximate surface area is 121 Å². The van der Waals surface area contributed by atoms with Gasteiger partial charge in [0.05, 0.1) is 5.56 Å². The molecule has 2 N–H and O–H groups in total. The summed E-state index contributed by atoms with van der Waals surface area (Å²) in [6.45, 7) is 3.87. The number of nitrogens with one attached hydrogen (secondary N) is 1. The van der Waals surface area contributed by atoms with Crippen LogP contribution in [0.1, 0.15) is 30.6 Å². The number of amides is 1. The zero-order valence-corrected chi connectivity index (χ0v) is 12.2. The van der Waals surface area contributed by atoms with Crippen LogP contribution in [-0.2, 0) is 4.79 Å². The van der Waals surface area contributed by atoms with Gasteiger partial charge in [0.25, 0.3) is 5.91 Å². The number of carbonyl (C=O) groups excluding carboxylic acids is 1. The van der Waals surface area contributed by atoms with Crippen molar-refractivity contribution in [1.29, 1.82) is 0 Å². The molecule has 5 heteroatoms. The fourth-order valence-electron chi connectivity index (χ4n) is 2.08. The fraction of sp³-hybridized carbons (Fsp3) is 0.333. The first kappa shape index (κ1) is 14.5. The summed E-state index contributed by atoms with van der Waals surface area (Å²) in [5.41, 5.74) is 0.542. The molecule has 2 rings (SSSR count). The zero-order chi connectivity index (χ0) is 14.7. The molecule has 0 fully saturated rings. The van der Waals surface area contributed by atoms with E-state index in [1.54, 1.807) is 5.38 Å². The van der Waals surface area contributed by atoms with E-state index in [-0.39, 0.29) is 11.8 Å². The quantitative estimate of drug-likeness (QED) is 0.889. The van der Waals surface area contributed by atoms with Crippen molar-refractivity contribution < 1.29 is 14.7 Å². The lowest BCUT2D eigenvalue weighted by Crippen LogP contribution is -2.41. The first-order valence-electron chi connectivity index (χ1n) is 6.49. The van der Waals surface area contributed by atoms with E-state index < -0.39 is 12.0 Å². The number of carbonyl (C=O) groups is 2. The second kappa shape index (κ2) is 6.05. The van der Waals surface area contributed by atoms with Crippen LogP contribution in [0, 0.1) is 5.92 Å². The van der Waals surface area contributed by atoms with Gasteiger partial charge in [0.15, 0.2) is 0 Å². The Kier molecular flexibility index (Phi) is 4.39. The predicted molar refractivity (Wildman–Crippen MR) is 80.2 cm³/mol. The molecule has 0 saturated carbocycles. The first-order chi connectivity index (χ1) is 9.49. The third-order valence-corrected chi connectivity index (χ3v) is 4.00. The fourth-order valence-corrected chi connectivity index (χ4v) is 3.02. The van der Waals surface area contributed by atoms with E-state index in [1.807, 2.05) is 38.1 Å². The zero-order valence-electron chi connectivity index (χ0n) is 11.4. The van der Waals surface area contributed by atoms with E-state index in [4.69, 9.17) is 5.11 Å². The van der Waals surface area contributed by atoms with Crippen LogP contribution in [0.15, 0.2) is 29.6 Å². The van der Waals surface area contributed by atoms with Gasteiger partial charge in [-0.25, -0.2) is 4.79 Å². The van der Waals surface area contributed by atoms with Crippen molar-refractivity contribution in [3.63, 3.8) is 0 Å². The third-order valence-electron chi connectivity index (χ3n) is 3.04. The van der Waals surface area contributed by atoms with Gasteiger partial charge in [-0.1, -0.05) is 32.0 Å². The third kappa shape index (κ3) is 3.17. The Hall–Kier alpha value is -1.88. The number of hydrogen-bond donors (Lipinski definition) is 2. The monoisotopic (exact) mass is 291 g/mol. The number of carboxylic acids is 1. The number of rotatable bonds is 5. The maximum Gasteiger partial charge on any atom is 0.326 e. The van der Waals surface area contributed by atoms with Crippen molar-refractivity contribution in [3.8, 4) is 0 Å². The van der Waals surface area contributed by atoms with E-state index in [0.717, 1.165) is 10.1 Å². The summed E-state index contributed by atoms with van der Waals surface area (Å²) in [6, 6.07) is 6.76. The molecule has 0 saturated heterocycles. The average Bonchev–Trinajstić information content (AvgIpc) is 2.81. The van der Waals surface area contributed by atoms with Gasteiger partial charge in [0.1, 0.15) is 6.04 Å². The van der Waals surface area contributed by atoms with Gasteiger partial charge in [-0.3, -0.25) is 4.79 Å². The molecule has 0 aliphatic heterocycles. The molecule has 1 heterocycles. The summed E-state index contributed by atoms with van der Waals surface area (Å²) < 4.78 is 1.02. The smallest absolute Gasteiger partial charge is 0.326 e. The van der Waals surface area contributed by atoms with Crippen LogP contribution in [0.4, 0.5) is 0 Å². The van der Waals surface area contributed by atoms with E-state index >= 15 is 0 Å². The maximum atomic E-state index is 12.2. The van der Waals surface area contributed by atoms with Gasteiger partial charge in [0.2, 0.25) is 0 Å². The van der Waals surface area contributed by atoms with Gasteiger partial charge in [-0.05, 0) is 18.4 Å². The molecule has 0 spiro atoms.